The number of sulfone groups is 1. The molecule has 2 aromatic rings. The van der Waals surface area contributed by atoms with Crippen molar-refractivity contribution in [1.29, 1.82) is 0 Å². The third kappa shape index (κ3) is 4.81. The van der Waals surface area contributed by atoms with Gasteiger partial charge >= 0.3 is 0 Å². The molecule has 2 rings (SSSR count). The molecule has 0 radical (unpaired) electrons. The van der Waals surface area contributed by atoms with Crippen LogP contribution in [0.15, 0.2) is 48.5 Å². The van der Waals surface area contributed by atoms with Crippen molar-refractivity contribution >= 4 is 21.4 Å². The molecule has 0 aliphatic heterocycles. The number of halogens is 2. The van der Waals surface area contributed by atoms with E-state index in [0.29, 0.717) is 16.1 Å². The third-order valence-electron chi connectivity index (χ3n) is 2.92. The summed E-state index contributed by atoms with van der Waals surface area (Å²) in [4.78, 5) is 0. The van der Waals surface area contributed by atoms with Crippen LogP contribution < -0.4 is 0 Å². The standard InChI is InChI=1S/C15H14ClFO3S/c16-13-5-2-4-12(8-13)15(18)10-21(19,20)9-11-3-1-6-14(17)7-11/h1-8,15,18H,9-10H2. The van der Waals surface area contributed by atoms with Crippen molar-refractivity contribution in [1.82, 2.24) is 0 Å². The molecule has 0 aromatic heterocycles. The summed E-state index contributed by atoms with van der Waals surface area (Å²) in [6.07, 6.45) is -1.16. The van der Waals surface area contributed by atoms with Crippen molar-refractivity contribution in [3.8, 4) is 0 Å². The van der Waals surface area contributed by atoms with Gasteiger partial charge in [-0.05, 0) is 35.4 Å². The maximum Gasteiger partial charge on any atom is 0.157 e. The van der Waals surface area contributed by atoms with Crippen LogP contribution in [0.25, 0.3) is 0 Å². The van der Waals surface area contributed by atoms with E-state index < -0.39 is 27.5 Å². The molecule has 2 aromatic carbocycles. The molecule has 0 bridgehead atoms. The smallest absolute Gasteiger partial charge is 0.157 e. The zero-order chi connectivity index (χ0) is 15.5. The Morgan fingerprint density at radius 2 is 1.86 bits per heavy atom. The second kappa shape index (κ2) is 6.56. The SMILES string of the molecule is O=S(=O)(Cc1cccc(F)c1)CC(O)c1cccc(Cl)c1. The van der Waals surface area contributed by atoms with Crippen LogP contribution in [0.3, 0.4) is 0 Å². The Labute approximate surface area is 127 Å². The average Bonchev–Trinajstić information content (AvgIpc) is 2.37. The third-order valence-corrected chi connectivity index (χ3v) is 4.75. The topological polar surface area (TPSA) is 54.4 Å². The highest BCUT2D eigenvalue weighted by Crippen LogP contribution is 2.20. The van der Waals surface area contributed by atoms with E-state index in [0.717, 1.165) is 0 Å². The van der Waals surface area contributed by atoms with Gasteiger partial charge in [-0.15, -0.1) is 0 Å². The van der Waals surface area contributed by atoms with Gasteiger partial charge in [-0.1, -0.05) is 35.9 Å². The molecule has 0 aliphatic rings. The van der Waals surface area contributed by atoms with Crippen LogP contribution in [0.4, 0.5) is 4.39 Å². The highest BCUT2D eigenvalue weighted by atomic mass is 35.5. The lowest BCUT2D eigenvalue weighted by Gasteiger charge is -2.12. The zero-order valence-electron chi connectivity index (χ0n) is 11.0. The fourth-order valence-corrected chi connectivity index (χ4v) is 3.67. The predicted octanol–water partition coefficient (Wildman–Crippen LogP) is 3.13. The van der Waals surface area contributed by atoms with E-state index in [1.54, 1.807) is 18.2 Å². The first-order valence-electron chi connectivity index (χ1n) is 6.24. The number of aliphatic hydroxyl groups excluding tert-OH is 1. The van der Waals surface area contributed by atoms with Crippen LogP contribution in [-0.2, 0) is 15.6 Å². The lowest BCUT2D eigenvalue weighted by Crippen LogP contribution is -2.16. The molecule has 0 aliphatic carbocycles. The first-order valence-corrected chi connectivity index (χ1v) is 8.44. The summed E-state index contributed by atoms with van der Waals surface area (Å²) in [6, 6.07) is 11.8. The van der Waals surface area contributed by atoms with Gasteiger partial charge < -0.3 is 5.11 Å². The van der Waals surface area contributed by atoms with Crippen molar-refractivity contribution in [2.45, 2.75) is 11.9 Å². The minimum absolute atomic E-state index is 0.317. The molecule has 112 valence electrons. The van der Waals surface area contributed by atoms with Gasteiger partial charge in [-0.2, -0.15) is 0 Å². The molecule has 0 spiro atoms. The molecule has 0 amide bonds. The summed E-state index contributed by atoms with van der Waals surface area (Å²) in [7, 11) is -3.57. The molecule has 3 nitrogen and oxygen atoms in total. The second-order valence-corrected chi connectivity index (χ2v) is 7.30. The number of hydrogen-bond donors (Lipinski definition) is 1. The molecule has 6 heteroatoms. The Kier molecular flexibility index (Phi) is 4.98. The van der Waals surface area contributed by atoms with Gasteiger partial charge in [0, 0.05) is 5.02 Å². The highest BCUT2D eigenvalue weighted by Gasteiger charge is 2.19. The quantitative estimate of drug-likeness (QED) is 0.917. The summed E-state index contributed by atoms with van der Waals surface area (Å²) in [6.45, 7) is 0. The highest BCUT2D eigenvalue weighted by molar-refractivity contribution is 7.90. The molecular weight excluding hydrogens is 315 g/mol. The molecule has 21 heavy (non-hydrogen) atoms. The average molecular weight is 329 g/mol. The van der Waals surface area contributed by atoms with Crippen LogP contribution in [0, 0.1) is 5.82 Å². The van der Waals surface area contributed by atoms with Crippen molar-refractivity contribution < 1.29 is 17.9 Å². The van der Waals surface area contributed by atoms with Crippen molar-refractivity contribution in [2.75, 3.05) is 5.75 Å². The molecule has 1 atom stereocenters. The summed E-state index contributed by atoms with van der Waals surface area (Å²) >= 11 is 5.81. The molecule has 1 N–H and O–H groups in total. The Morgan fingerprint density at radius 1 is 1.14 bits per heavy atom. The Bertz CT molecular complexity index is 731. The molecule has 0 saturated carbocycles. The number of hydrogen-bond acceptors (Lipinski definition) is 3. The first-order chi connectivity index (χ1) is 9.85. The van der Waals surface area contributed by atoms with Crippen LogP contribution >= 0.6 is 11.6 Å². The minimum atomic E-state index is -3.57. The van der Waals surface area contributed by atoms with Crippen LogP contribution in [0.2, 0.25) is 5.02 Å². The van der Waals surface area contributed by atoms with Gasteiger partial charge in [-0.25, -0.2) is 12.8 Å². The van der Waals surface area contributed by atoms with Crippen LogP contribution in [0.5, 0.6) is 0 Å². The molecule has 1 unspecified atom stereocenters. The molecule has 0 fully saturated rings. The Hall–Kier alpha value is -1.43. The Balaban J connectivity index is 2.10. The monoisotopic (exact) mass is 328 g/mol. The van der Waals surface area contributed by atoms with Gasteiger partial charge in [0.2, 0.25) is 0 Å². The van der Waals surface area contributed by atoms with E-state index >= 15 is 0 Å². The molecule has 0 saturated heterocycles. The lowest BCUT2D eigenvalue weighted by molar-refractivity contribution is 0.201. The molecule has 0 heterocycles. The van der Waals surface area contributed by atoms with Gasteiger partial charge in [0.1, 0.15) is 5.82 Å². The fraction of sp³-hybridized carbons (Fsp3) is 0.200. The summed E-state index contributed by atoms with van der Waals surface area (Å²) < 4.78 is 37.2. The van der Waals surface area contributed by atoms with Crippen molar-refractivity contribution in [3.05, 3.63) is 70.5 Å². The summed E-state index contributed by atoms with van der Waals surface area (Å²) in [5.41, 5.74) is 0.790. The van der Waals surface area contributed by atoms with E-state index in [4.69, 9.17) is 11.6 Å². The van der Waals surface area contributed by atoms with E-state index in [-0.39, 0.29) is 5.75 Å². The minimum Gasteiger partial charge on any atom is -0.387 e. The van der Waals surface area contributed by atoms with Gasteiger partial charge in [0.25, 0.3) is 0 Å². The first kappa shape index (κ1) is 15.9. The van der Waals surface area contributed by atoms with Gasteiger partial charge in [0.15, 0.2) is 9.84 Å². The summed E-state index contributed by atoms with van der Waals surface area (Å²) in [5, 5.41) is 10.4. The fourth-order valence-electron chi connectivity index (χ4n) is 1.99. The van der Waals surface area contributed by atoms with E-state index in [2.05, 4.69) is 0 Å². The maximum absolute atomic E-state index is 13.1. The van der Waals surface area contributed by atoms with E-state index in [9.17, 15) is 17.9 Å². The predicted molar refractivity (Wildman–Crippen MR) is 80.3 cm³/mol. The van der Waals surface area contributed by atoms with Crippen LogP contribution in [-0.4, -0.2) is 19.3 Å². The largest absolute Gasteiger partial charge is 0.387 e. The lowest BCUT2D eigenvalue weighted by atomic mass is 10.1. The molecular formula is C15H14ClFO3S. The van der Waals surface area contributed by atoms with Gasteiger partial charge in [0.05, 0.1) is 17.6 Å². The normalized spacial score (nSPS) is 13.1. The van der Waals surface area contributed by atoms with Crippen LogP contribution in [0.1, 0.15) is 17.2 Å². The second-order valence-electron chi connectivity index (χ2n) is 4.76. The number of aliphatic hydroxyl groups is 1. The van der Waals surface area contributed by atoms with Crippen molar-refractivity contribution in [2.24, 2.45) is 0 Å². The van der Waals surface area contributed by atoms with E-state index in [1.165, 1.54) is 30.3 Å². The zero-order valence-corrected chi connectivity index (χ0v) is 12.6. The van der Waals surface area contributed by atoms with Gasteiger partial charge in [-0.3, -0.25) is 0 Å². The van der Waals surface area contributed by atoms with E-state index in [1.807, 2.05) is 0 Å². The maximum atomic E-state index is 13.1. The number of rotatable bonds is 5. The number of benzene rings is 2. The van der Waals surface area contributed by atoms with Crippen molar-refractivity contribution in [3.63, 3.8) is 0 Å². The Morgan fingerprint density at radius 3 is 2.52 bits per heavy atom. The summed E-state index contributed by atoms with van der Waals surface area (Å²) in [5.74, 6) is -1.25.